The number of hydrogen-bond acceptors (Lipinski definition) is 3. The molecule has 0 spiro atoms. The van der Waals surface area contributed by atoms with Gasteiger partial charge in [-0.1, -0.05) is 41.5 Å². The summed E-state index contributed by atoms with van der Waals surface area (Å²) in [7, 11) is -3.33. The Morgan fingerprint density at radius 3 is 1.42 bits per heavy atom. The van der Waals surface area contributed by atoms with Crippen LogP contribution in [0.3, 0.4) is 0 Å². The lowest BCUT2D eigenvalue weighted by Gasteiger charge is -2.33. The monoisotopic (exact) mass is 306 g/mol. The predicted molar refractivity (Wildman–Crippen MR) is 87.4 cm³/mol. The van der Waals surface area contributed by atoms with E-state index in [9.17, 15) is 5.11 Å². The molecule has 0 aliphatic heterocycles. The molecule has 0 bridgehead atoms. The average Bonchev–Trinajstić information content (AvgIpc) is 2.47. The topological polar surface area (TPSA) is 38.7 Å². The summed E-state index contributed by atoms with van der Waals surface area (Å²) in [4.78, 5) is 0. The van der Waals surface area contributed by atoms with E-state index in [1.165, 1.54) is 0 Å². The fourth-order valence-electron chi connectivity index (χ4n) is 2.63. The van der Waals surface area contributed by atoms with Gasteiger partial charge in [0.1, 0.15) is 0 Å². The van der Waals surface area contributed by atoms with Crippen LogP contribution in [0, 0.1) is 0 Å². The van der Waals surface area contributed by atoms with Gasteiger partial charge in [0.15, 0.2) is 22.9 Å². The quantitative estimate of drug-likeness (QED) is 0.455. The Kier molecular flexibility index (Phi) is 9.44. The van der Waals surface area contributed by atoms with E-state index in [-0.39, 0.29) is 0 Å². The summed E-state index contributed by atoms with van der Waals surface area (Å²) in [5.74, 6) is 0. The Balaban J connectivity index is 4.42. The van der Waals surface area contributed by atoms with E-state index in [2.05, 4.69) is 41.5 Å². The number of hydrogen-bond donors (Lipinski definition) is 1. The van der Waals surface area contributed by atoms with E-state index in [0.717, 1.165) is 36.3 Å². The molecule has 116 valence electrons. The largest absolute Gasteiger partial charge is 0.412 e. The molecule has 0 aromatic heterocycles. The second-order valence-corrected chi connectivity index (χ2v) is 14.9. The molecule has 19 heavy (non-hydrogen) atoms. The number of aliphatic hydroxyl groups excluding tert-OH is 1. The van der Waals surface area contributed by atoms with Crippen LogP contribution in [0.1, 0.15) is 41.5 Å². The van der Waals surface area contributed by atoms with Crippen LogP contribution in [0.2, 0.25) is 36.3 Å². The zero-order valence-electron chi connectivity index (χ0n) is 13.8. The smallest absolute Gasteiger partial charge is 0.195 e. The summed E-state index contributed by atoms with van der Waals surface area (Å²) in [6.07, 6.45) is -0.733. The Hall–Kier alpha value is 0.314. The predicted octanol–water partition coefficient (Wildman–Crippen LogP) is 4.35. The van der Waals surface area contributed by atoms with Gasteiger partial charge < -0.3 is 14.0 Å². The summed E-state index contributed by atoms with van der Waals surface area (Å²) in [6.45, 7) is 13.5. The van der Waals surface area contributed by atoms with E-state index in [1.54, 1.807) is 0 Å². The van der Waals surface area contributed by atoms with Gasteiger partial charge in [0, 0.05) is 0 Å². The van der Waals surface area contributed by atoms with Crippen LogP contribution in [0.25, 0.3) is 0 Å². The van der Waals surface area contributed by atoms with Crippen LogP contribution in [0.5, 0.6) is 0 Å². The maximum atomic E-state index is 10.1. The van der Waals surface area contributed by atoms with E-state index in [1.807, 2.05) is 0 Å². The van der Waals surface area contributed by atoms with Gasteiger partial charge in [0.2, 0.25) is 0 Å². The Morgan fingerprint density at radius 1 is 0.737 bits per heavy atom. The molecular formula is C14H34O3Si2. The molecule has 0 aromatic rings. The highest BCUT2D eigenvalue weighted by Gasteiger charge is 2.34. The van der Waals surface area contributed by atoms with E-state index in [0.29, 0.717) is 6.61 Å². The fourth-order valence-corrected chi connectivity index (χ4v) is 7.88. The Labute approximate surface area is 122 Å². The van der Waals surface area contributed by atoms with Crippen LogP contribution in [0.4, 0.5) is 0 Å². The number of rotatable bonds is 11. The third kappa shape index (κ3) is 5.67. The van der Waals surface area contributed by atoms with Crippen LogP contribution >= 0.6 is 0 Å². The van der Waals surface area contributed by atoms with Crippen molar-refractivity contribution in [1.82, 2.24) is 0 Å². The molecule has 1 N–H and O–H groups in total. The van der Waals surface area contributed by atoms with Gasteiger partial charge in [-0.05, 0) is 36.3 Å². The molecule has 1 atom stereocenters. The van der Waals surface area contributed by atoms with Crippen molar-refractivity contribution in [2.75, 3.05) is 6.61 Å². The van der Waals surface area contributed by atoms with Crippen molar-refractivity contribution in [3.63, 3.8) is 0 Å². The summed E-state index contributed by atoms with van der Waals surface area (Å²) < 4.78 is 12.1. The molecule has 3 nitrogen and oxygen atoms in total. The normalized spacial score (nSPS) is 14.7. The molecule has 0 heterocycles. The zero-order chi connectivity index (χ0) is 14.9. The minimum Gasteiger partial charge on any atom is -0.412 e. The van der Waals surface area contributed by atoms with Crippen molar-refractivity contribution in [1.29, 1.82) is 0 Å². The first-order chi connectivity index (χ1) is 8.96. The van der Waals surface area contributed by atoms with Gasteiger partial charge in [-0.2, -0.15) is 0 Å². The maximum Gasteiger partial charge on any atom is 0.195 e. The molecule has 0 fully saturated rings. The molecular weight excluding hydrogens is 272 g/mol. The minimum absolute atomic E-state index is 0.358. The summed E-state index contributed by atoms with van der Waals surface area (Å²) in [6, 6.07) is 6.54. The molecule has 0 saturated heterocycles. The van der Waals surface area contributed by atoms with Crippen LogP contribution in [0.15, 0.2) is 0 Å². The minimum atomic E-state index is -1.72. The molecule has 0 aliphatic carbocycles. The van der Waals surface area contributed by atoms with Gasteiger partial charge >= 0.3 is 0 Å². The van der Waals surface area contributed by atoms with Gasteiger partial charge in [-0.25, -0.2) is 0 Å². The van der Waals surface area contributed by atoms with Crippen LogP contribution in [-0.2, 0) is 8.85 Å². The molecule has 0 rings (SSSR count). The van der Waals surface area contributed by atoms with Crippen molar-refractivity contribution in [2.24, 2.45) is 0 Å². The summed E-state index contributed by atoms with van der Waals surface area (Å²) >= 11 is 0. The first-order valence-electron chi connectivity index (χ1n) is 7.96. The fraction of sp³-hybridized carbons (Fsp3) is 1.00. The third-order valence-corrected chi connectivity index (χ3v) is 14.1. The summed E-state index contributed by atoms with van der Waals surface area (Å²) in [5, 5.41) is 10.1. The highest BCUT2D eigenvalue weighted by atomic mass is 28.4. The molecule has 0 amide bonds. The summed E-state index contributed by atoms with van der Waals surface area (Å²) in [5.41, 5.74) is 0. The van der Waals surface area contributed by atoms with E-state index < -0.39 is 22.9 Å². The van der Waals surface area contributed by atoms with Crippen molar-refractivity contribution < 1.29 is 14.0 Å². The Bertz CT molecular complexity index is 212. The SMILES string of the molecule is CC[Si](CC)(CC)OCC(O)O[Si](CC)(CC)CC. The van der Waals surface area contributed by atoms with E-state index in [4.69, 9.17) is 8.85 Å². The number of aliphatic hydroxyl groups is 1. The standard InChI is InChI=1S/C14H34O3Si2/c1-7-18(8-2,9-3)16-13-14(15)17-19(10-4,11-5)12-6/h14-15H,7-13H2,1-6H3. The van der Waals surface area contributed by atoms with Crippen molar-refractivity contribution in [3.8, 4) is 0 Å². The lowest BCUT2D eigenvalue weighted by molar-refractivity contribution is -0.0588. The van der Waals surface area contributed by atoms with Crippen molar-refractivity contribution in [2.45, 2.75) is 84.1 Å². The zero-order valence-corrected chi connectivity index (χ0v) is 15.8. The van der Waals surface area contributed by atoms with Crippen molar-refractivity contribution in [3.05, 3.63) is 0 Å². The van der Waals surface area contributed by atoms with E-state index >= 15 is 0 Å². The molecule has 5 heteroatoms. The van der Waals surface area contributed by atoms with Gasteiger partial charge in [-0.3, -0.25) is 0 Å². The van der Waals surface area contributed by atoms with Gasteiger partial charge in [0.25, 0.3) is 0 Å². The van der Waals surface area contributed by atoms with Crippen LogP contribution < -0.4 is 0 Å². The second-order valence-electron chi connectivity index (χ2n) is 5.37. The maximum absolute atomic E-state index is 10.1. The highest BCUT2D eigenvalue weighted by molar-refractivity contribution is 6.74. The molecule has 0 radical (unpaired) electrons. The van der Waals surface area contributed by atoms with Crippen molar-refractivity contribution >= 4 is 16.6 Å². The lowest BCUT2D eigenvalue weighted by Crippen LogP contribution is -2.44. The molecule has 0 aliphatic rings. The van der Waals surface area contributed by atoms with Gasteiger partial charge in [0.05, 0.1) is 6.61 Å². The Morgan fingerprint density at radius 2 is 1.11 bits per heavy atom. The van der Waals surface area contributed by atoms with Gasteiger partial charge in [-0.15, -0.1) is 0 Å². The van der Waals surface area contributed by atoms with Crippen LogP contribution in [-0.4, -0.2) is 34.6 Å². The third-order valence-electron chi connectivity index (χ3n) is 4.78. The first-order valence-corrected chi connectivity index (χ1v) is 13.0. The average molecular weight is 307 g/mol. The molecule has 0 saturated carbocycles. The molecule has 1 unspecified atom stereocenters. The molecule has 0 aromatic carbocycles. The second kappa shape index (κ2) is 9.29. The lowest BCUT2D eigenvalue weighted by atomic mass is 10.7. The highest BCUT2D eigenvalue weighted by Crippen LogP contribution is 2.25. The first kappa shape index (κ1) is 19.3.